The molecule has 0 spiro atoms. The maximum atomic E-state index is 5.01. The number of aromatic nitrogens is 2. The fraction of sp³-hybridized carbons (Fsp3) is 0.100. The number of fused-ring (bicyclic) bond motifs is 1. The molecule has 3 N–H and O–H groups in total. The number of H-pyrrole nitrogens is 2. The Morgan fingerprint density at radius 1 is 1.44 bits per heavy atom. The Hall–Kier alpha value is -1.40. The van der Waals surface area contributed by atoms with Crippen LogP contribution in [-0.4, -0.2) is 14.3 Å². The molecule has 2 aliphatic rings. The third kappa shape index (κ3) is 1.70. The average Bonchev–Trinajstić information content (AvgIpc) is 2.87. The molecule has 6 heteroatoms. The van der Waals surface area contributed by atoms with Gasteiger partial charge in [0.15, 0.2) is 4.77 Å². The zero-order chi connectivity index (χ0) is 11.0. The van der Waals surface area contributed by atoms with Crippen molar-refractivity contribution in [2.24, 2.45) is 0 Å². The normalized spacial score (nSPS) is 17.9. The molecule has 2 aliphatic heterocycles. The van der Waals surface area contributed by atoms with Gasteiger partial charge in [-0.1, -0.05) is 6.08 Å². The van der Waals surface area contributed by atoms with Gasteiger partial charge in [-0.15, -0.1) is 0 Å². The van der Waals surface area contributed by atoms with Crippen molar-refractivity contribution in [2.45, 2.75) is 6.42 Å². The monoisotopic (exact) mass is 250 g/mol. The van der Waals surface area contributed by atoms with E-state index >= 15 is 0 Å². The lowest BCUT2D eigenvalue weighted by molar-refractivity contribution is 0.771. The summed E-state index contributed by atoms with van der Waals surface area (Å²) in [5, 5.41) is 0. The molecular formula is C10H10N4S2. The van der Waals surface area contributed by atoms with Crippen LogP contribution >= 0.6 is 24.4 Å². The highest BCUT2D eigenvalue weighted by Gasteiger charge is 2.20. The molecule has 3 heterocycles. The Balaban J connectivity index is 1.87. The summed E-state index contributed by atoms with van der Waals surface area (Å²) in [6, 6.07) is 0. The van der Waals surface area contributed by atoms with E-state index in [4.69, 9.17) is 12.2 Å². The minimum absolute atomic E-state index is 0.673. The maximum absolute atomic E-state index is 5.01. The zero-order valence-electron chi connectivity index (χ0n) is 8.36. The summed E-state index contributed by atoms with van der Waals surface area (Å²) >= 11 is 6.58. The van der Waals surface area contributed by atoms with Crippen molar-refractivity contribution in [2.75, 3.05) is 0 Å². The first-order chi connectivity index (χ1) is 7.83. The molecule has 0 fully saturated rings. The van der Waals surface area contributed by atoms with Gasteiger partial charge in [0.2, 0.25) is 0 Å². The molecule has 1 aromatic rings. The average molecular weight is 250 g/mol. The molecule has 4 nitrogen and oxygen atoms in total. The van der Waals surface area contributed by atoms with Crippen molar-refractivity contribution in [3.63, 3.8) is 0 Å². The van der Waals surface area contributed by atoms with Gasteiger partial charge in [0, 0.05) is 30.7 Å². The first kappa shape index (κ1) is 9.80. The minimum atomic E-state index is 0.673. The van der Waals surface area contributed by atoms with Gasteiger partial charge in [0.25, 0.3) is 0 Å². The molecule has 82 valence electrons. The third-order valence-corrected chi connectivity index (χ3v) is 3.42. The Kier molecular flexibility index (Phi) is 2.37. The van der Waals surface area contributed by atoms with E-state index in [9.17, 15) is 0 Å². The number of aromatic amines is 2. The van der Waals surface area contributed by atoms with Crippen molar-refractivity contribution >= 4 is 24.4 Å². The minimum Gasteiger partial charge on any atom is -0.337 e. The summed E-state index contributed by atoms with van der Waals surface area (Å²) in [5.41, 5.74) is 3.57. The van der Waals surface area contributed by atoms with Gasteiger partial charge in [0.1, 0.15) is 0 Å². The van der Waals surface area contributed by atoms with E-state index in [-0.39, 0.29) is 0 Å². The summed E-state index contributed by atoms with van der Waals surface area (Å²) in [6.07, 6.45) is 11.0. The fourth-order valence-electron chi connectivity index (χ4n) is 1.74. The van der Waals surface area contributed by atoms with Crippen LogP contribution in [-0.2, 0) is 6.42 Å². The van der Waals surface area contributed by atoms with Gasteiger partial charge in [-0.3, -0.25) is 4.31 Å². The maximum Gasteiger partial charge on any atom is 0.174 e. The van der Waals surface area contributed by atoms with Crippen LogP contribution in [0, 0.1) is 4.77 Å². The summed E-state index contributed by atoms with van der Waals surface area (Å²) in [6.45, 7) is 0. The summed E-state index contributed by atoms with van der Waals surface area (Å²) < 4.78 is 5.92. The first-order valence-electron chi connectivity index (χ1n) is 4.89. The van der Waals surface area contributed by atoms with Gasteiger partial charge in [-0.2, -0.15) is 0 Å². The second kappa shape index (κ2) is 3.88. The van der Waals surface area contributed by atoms with E-state index in [0.717, 1.165) is 12.1 Å². The number of hydrogen-bond acceptors (Lipinski definition) is 4. The molecule has 3 rings (SSSR count). The molecule has 0 bridgehead atoms. The topological polar surface area (TPSA) is 46.9 Å². The van der Waals surface area contributed by atoms with Crippen LogP contribution in [0.5, 0.6) is 0 Å². The van der Waals surface area contributed by atoms with Crippen LogP contribution < -0.4 is 4.72 Å². The van der Waals surface area contributed by atoms with Crippen LogP contribution in [0.2, 0.25) is 0 Å². The summed E-state index contributed by atoms with van der Waals surface area (Å²) in [7, 11) is 0. The summed E-state index contributed by atoms with van der Waals surface area (Å²) in [5.74, 6) is 0. The second-order valence-corrected chi connectivity index (χ2v) is 4.76. The molecule has 0 radical (unpaired) electrons. The second-order valence-electron chi connectivity index (χ2n) is 3.54. The standard InChI is InChI=1S/C10H10N4S2/c15-10-11-5-8(13-10)4-7-2-1-3-14-9(7)6-12-16-14/h1-3,5-6,12H,4H2,(H2,11,13,15). The molecular weight excluding hydrogens is 240 g/mol. The van der Waals surface area contributed by atoms with Crippen LogP contribution in [0.4, 0.5) is 0 Å². The number of hydrogen-bond donors (Lipinski definition) is 3. The van der Waals surface area contributed by atoms with Gasteiger partial charge >= 0.3 is 0 Å². The Morgan fingerprint density at radius 2 is 2.38 bits per heavy atom. The number of rotatable bonds is 2. The Labute approximate surface area is 102 Å². The number of allylic oxidation sites excluding steroid dienone is 3. The highest BCUT2D eigenvalue weighted by Crippen LogP contribution is 2.31. The van der Waals surface area contributed by atoms with Crippen LogP contribution in [0.3, 0.4) is 0 Å². The zero-order valence-corrected chi connectivity index (χ0v) is 9.99. The van der Waals surface area contributed by atoms with E-state index in [0.29, 0.717) is 4.77 Å². The molecule has 0 saturated heterocycles. The lowest BCUT2D eigenvalue weighted by Crippen LogP contribution is -2.10. The van der Waals surface area contributed by atoms with Crippen LogP contribution in [0.15, 0.2) is 42.0 Å². The SMILES string of the molecule is S=c1[nH]cc(CC2=CC=CN3SNC=C23)[nH]1. The largest absolute Gasteiger partial charge is 0.337 e. The van der Waals surface area contributed by atoms with Gasteiger partial charge in [0.05, 0.1) is 17.8 Å². The number of nitrogens with one attached hydrogen (secondary N) is 3. The van der Waals surface area contributed by atoms with E-state index in [1.165, 1.54) is 11.3 Å². The van der Waals surface area contributed by atoms with Crippen molar-refractivity contribution in [3.8, 4) is 0 Å². The van der Waals surface area contributed by atoms with Crippen LogP contribution in [0.25, 0.3) is 0 Å². The number of nitrogens with zero attached hydrogens (tertiary/aromatic N) is 1. The molecule has 1 aromatic heterocycles. The lowest BCUT2D eigenvalue weighted by atomic mass is 10.1. The predicted molar refractivity (Wildman–Crippen MR) is 67.6 cm³/mol. The van der Waals surface area contributed by atoms with Gasteiger partial charge in [-0.25, -0.2) is 0 Å². The number of imidazole rings is 1. The van der Waals surface area contributed by atoms with Crippen molar-refractivity contribution in [1.29, 1.82) is 0 Å². The first-order valence-corrected chi connectivity index (χ1v) is 6.07. The molecule has 16 heavy (non-hydrogen) atoms. The summed E-state index contributed by atoms with van der Waals surface area (Å²) in [4.78, 5) is 6.10. The molecule has 0 aliphatic carbocycles. The molecule has 0 amide bonds. The lowest BCUT2D eigenvalue weighted by Gasteiger charge is -2.19. The van der Waals surface area contributed by atoms with E-state index in [2.05, 4.69) is 25.1 Å². The van der Waals surface area contributed by atoms with E-state index in [1.54, 1.807) is 12.1 Å². The van der Waals surface area contributed by atoms with E-state index in [1.807, 2.05) is 24.7 Å². The van der Waals surface area contributed by atoms with Gasteiger partial charge in [-0.05, 0) is 23.9 Å². The van der Waals surface area contributed by atoms with E-state index < -0.39 is 0 Å². The van der Waals surface area contributed by atoms with Crippen LogP contribution in [0.1, 0.15) is 5.69 Å². The Morgan fingerprint density at radius 3 is 3.19 bits per heavy atom. The van der Waals surface area contributed by atoms with Crippen molar-refractivity contribution in [3.05, 3.63) is 52.5 Å². The van der Waals surface area contributed by atoms with Crippen molar-refractivity contribution < 1.29 is 0 Å². The molecule has 0 aromatic carbocycles. The predicted octanol–water partition coefficient (Wildman–Crippen LogP) is 2.38. The fourth-order valence-corrected chi connectivity index (χ4v) is 2.61. The van der Waals surface area contributed by atoms with Gasteiger partial charge < -0.3 is 14.7 Å². The molecule has 0 saturated carbocycles. The molecule has 0 atom stereocenters. The Bertz CT molecular complexity index is 549. The highest BCUT2D eigenvalue weighted by molar-refractivity contribution is 7.95. The molecule has 0 unspecified atom stereocenters. The van der Waals surface area contributed by atoms with Crippen molar-refractivity contribution in [1.82, 2.24) is 19.0 Å². The third-order valence-electron chi connectivity index (χ3n) is 2.46. The quantitative estimate of drug-likeness (QED) is 0.557. The highest BCUT2D eigenvalue weighted by atomic mass is 32.2. The smallest absolute Gasteiger partial charge is 0.174 e.